The van der Waals surface area contributed by atoms with E-state index in [2.05, 4.69) is 10.3 Å². The average molecular weight is 282 g/mol. The summed E-state index contributed by atoms with van der Waals surface area (Å²) in [7, 11) is 0. The van der Waals surface area contributed by atoms with Crippen LogP contribution in [0.25, 0.3) is 0 Å². The van der Waals surface area contributed by atoms with Gasteiger partial charge in [0.2, 0.25) is 0 Å². The number of benzene rings is 1. The smallest absolute Gasteiger partial charge is 0.433 e. The molecule has 0 spiro atoms. The Morgan fingerprint density at radius 1 is 1.05 bits per heavy atom. The monoisotopic (exact) mass is 282 g/mol. The molecule has 1 aromatic carbocycles. The number of halogens is 3. The van der Waals surface area contributed by atoms with Crippen LogP contribution in [0.3, 0.4) is 0 Å². The number of carbonyl (C=O) groups is 1. The summed E-state index contributed by atoms with van der Waals surface area (Å²) in [5.74, 6) is -1.05. The molecule has 0 atom stereocenters. The van der Waals surface area contributed by atoms with E-state index >= 15 is 0 Å². The highest BCUT2D eigenvalue weighted by Crippen LogP contribution is 2.28. The van der Waals surface area contributed by atoms with Crippen molar-refractivity contribution in [2.24, 2.45) is 0 Å². The number of hydrogen-bond acceptors (Lipinski definition) is 3. The van der Waals surface area contributed by atoms with Gasteiger partial charge in [-0.3, -0.25) is 0 Å². The summed E-state index contributed by atoms with van der Waals surface area (Å²) in [6.45, 7) is 0. The maximum atomic E-state index is 12.3. The first-order valence-corrected chi connectivity index (χ1v) is 5.50. The quantitative estimate of drug-likeness (QED) is 0.903. The van der Waals surface area contributed by atoms with Crippen molar-refractivity contribution in [1.29, 1.82) is 0 Å². The van der Waals surface area contributed by atoms with Crippen molar-refractivity contribution < 1.29 is 23.1 Å². The lowest BCUT2D eigenvalue weighted by Gasteiger charge is -2.08. The SMILES string of the molecule is O=C(O)c1ccc(Nc2ccc(C(F)(F)F)nc2)cc1. The maximum absolute atomic E-state index is 12.3. The predicted molar refractivity (Wildman–Crippen MR) is 65.9 cm³/mol. The highest BCUT2D eigenvalue weighted by atomic mass is 19.4. The number of pyridine rings is 1. The largest absolute Gasteiger partial charge is 0.478 e. The van der Waals surface area contributed by atoms with Crippen LogP contribution in [0.1, 0.15) is 16.1 Å². The maximum Gasteiger partial charge on any atom is 0.433 e. The molecular formula is C13H9F3N2O2. The fraction of sp³-hybridized carbons (Fsp3) is 0.0769. The van der Waals surface area contributed by atoms with E-state index in [1.807, 2.05) is 0 Å². The van der Waals surface area contributed by atoms with Crippen molar-refractivity contribution in [2.75, 3.05) is 5.32 Å². The summed E-state index contributed by atoms with van der Waals surface area (Å²) < 4.78 is 37.0. The lowest BCUT2D eigenvalue weighted by molar-refractivity contribution is -0.141. The second kappa shape index (κ2) is 5.20. The molecule has 0 aliphatic heterocycles. The molecule has 1 aromatic heterocycles. The first kappa shape index (κ1) is 13.9. The van der Waals surface area contributed by atoms with Crippen LogP contribution in [0.2, 0.25) is 0 Å². The molecule has 0 aliphatic carbocycles. The third-order valence-corrected chi connectivity index (χ3v) is 2.47. The number of alkyl halides is 3. The summed E-state index contributed by atoms with van der Waals surface area (Å²) >= 11 is 0. The predicted octanol–water partition coefficient (Wildman–Crippen LogP) is 3.54. The van der Waals surface area contributed by atoms with Crippen LogP contribution in [0.5, 0.6) is 0 Å². The Balaban J connectivity index is 2.12. The van der Waals surface area contributed by atoms with Gasteiger partial charge in [-0.15, -0.1) is 0 Å². The lowest BCUT2D eigenvalue weighted by Crippen LogP contribution is -2.07. The molecule has 0 amide bonds. The summed E-state index contributed by atoms with van der Waals surface area (Å²) in [6.07, 6.45) is -3.41. The van der Waals surface area contributed by atoms with Crippen LogP contribution in [-0.4, -0.2) is 16.1 Å². The van der Waals surface area contributed by atoms with Crippen LogP contribution >= 0.6 is 0 Å². The van der Waals surface area contributed by atoms with Gasteiger partial charge in [-0.25, -0.2) is 9.78 Å². The fourth-order valence-electron chi connectivity index (χ4n) is 1.50. The zero-order valence-corrected chi connectivity index (χ0v) is 9.98. The van der Waals surface area contributed by atoms with Gasteiger partial charge in [0.1, 0.15) is 5.69 Å². The van der Waals surface area contributed by atoms with E-state index in [4.69, 9.17) is 5.11 Å². The molecule has 7 heteroatoms. The zero-order chi connectivity index (χ0) is 14.8. The number of nitrogens with one attached hydrogen (secondary N) is 1. The molecule has 0 saturated heterocycles. The Kier molecular flexibility index (Phi) is 3.60. The Hall–Kier alpha value is -2.57. The number of nitrogens with zero attached hydrogens (tertiary/aromatic N) is 1. The number of carboxylic acid groups (broad SMARTS) is 1. The molecule has 0 aliphatic rings. The Morgan fingerprint density at radius 3 is 2.10 bits per heavy atom. The van der Waals surface area contributed by atoms with Gasteiger partial charge in [0.05, 0.1) is 17.4 Å². The standard InChI is InChI=1S/C13H9F3N2O2/c14-13(15,16)11-6-5-10(7-17-11)18-9-3-1-8(2-4-9)12(19)20/h1-7,18H,(H,19,20). The minimum Gasteiger partial charge on any atom is -0.478 e. The molecule has 0 fully saturated rings. The van der Waals surface area contributed by atoms with Gasteiger partial charge >= 0.3 is 12.1 Å². The van der Waals surface area contributed by atoms with Crippen LogP contribution in [0.4, 0.5) is 24.5 Å². The van der Waals surface area contributed by atoms with Crippen molar-refractivity contribution >= 4 is 17.3 Å². The van der Waals surface area contributed by atoms with E-state index in [1.54, 1.807) is 0 Å². The van der Waals surface area contributed by atoms with Gasteiger partial charge in [-0.1, -0.05) is 0 Å². The molecule has 0 bridgehead atoms. The number of rotatable bonds is 3. The van der Waals surface area contributed by atoms with Gasteiger partial charge in [0.25, 0.3) is 0 Å². The molecule has 2 aromatic rings. The van der Waals surface area contributed by atoms with Crippen LogP contribution in [0.15, 0.2) is 42.6 Å². The average Bonchev–Trinajstić information content (AvgIpc) is 2.39. The van der Waals surface area contributed by atoms with Crippen molar-refractivity contribution in [3.05, 3.63) is 53.9 Å². The second-order valence-corrected chi connectivity index (χ2v) is 3.94. The summed E-state index contributed by atoms with van der Waals surface area (Å²) in [4.78, 5) is 14.0. The van der Waals surface area contributed by atoms with Gasteiger partial charge < -0.3 is 10.4 Å². The van der Waals surface area contributed by atoms with Crippen molar-refractivity contribution in [2.45, 2.75) is 6.18 Å². The van der Waals surface area contributed by atoms with E-state index in [1.165, 1.54) is 30.3 Å². The summed E-state index contributed by atoms with van der Waals surface area (Å²) in [5, 5.41) is 11.6. The van der Waals surface area contributed by atoms with E-state index in [0.29, 0.717) is 11.4 Å². The summed E-state index contributed by atoms with van der Waals surface area (Å²) in [6, 6.07) is 7.93. The van der Waals surface area contributed by atoms with Gasteiger partial charge in [0, 0.05) is 5.69 Å². The summed E-state index contributed by atoms with van der Waals surface area (Å²) in [5.41, 5.74) is 0.0861. The molecule has 0 saturated carbocycles. The minimum atomic E-state index is -4.47. The van der Waals surface area contributed by atoms with Gasteiger partial charge in [-0.05, 0) is 36.4 Å². The van der Waals surface area contributed by atoms with E-state index in [-0.39, 0.29) is 5.56 Å². The molecule has 1 heterocycles. The Bertz CT molecular complexity index is 607. The number of aromatic carboxylic acids is 1. The lowest BCUT2D eigenvalue weighted by atomic mass is 10.2. The van der Waals surface area contributed by atoms with E-state index < -0.39 is 17.8 Å². The number of hydrogen-bond donors (Lipinski definition) is 2. The third kappa shape index (κ3) is 3.25. The number of aromatic nitrogens is 1. The molecule has 2 rings (SSSR count). The second-order valence-electron chi connectivity index (χ2n) is 3.94. The zero-order valence-electron chi connectivity index (χ0n) is 9.98. The molecule has 4 nitrogen and oxygen atoms in total. The molecule has 0 radical (unpaired) electrons. The molecule has 0 unspecified atom stereocenters. The first-order valence-electron chi connectivity index (χ1n) is 5.50. The normalized spacial score (nSPS) is 11.2. The first-order chi connectivity index (χ1) is 9.36. The number of carboxylic acids is 1. The molecule has 2 N–H and O–H groups in total. The molecule has 20 heavy (non-hydrogen) atoms. The van der Waals surface area contributed by atoms with Crippen LogP contribution in [0, 0.1) is 0 Å². The van der Waals surface area contributed by atoms with Crippen LogP contribution < -0.4 is 5.32 Å². The van der Waals surface area contributed by atoms with E-state index in [9.17, 15) is 18.0 Å². The van der Waals surface area contributed by atoms with Crippen LogP contribution in [-0.2, 0) is 6.18 Å². The highest BCUT2D eigenvalue weighted by molar-refractivity contribution is 5.88. The van der Waals surface area contributed by atoms with Gasteiger partial charge in [-0.2, -0.15) is 13.2 Å². The fourth-order valence-corrected chi connectivity index (χ4v) is 1.50. The third-order valence-electron chi connectivity index (χ3n) is 2.47. The Morgan fingerprint density at radius 2 is 1.65 bits per heavy atom. The van der Waals surface area contributed by atoms with Crippen molar-refractivity contribution in [3.8, 4) is 0 Å². The number of anilines is 2. The van der Waals surface area contributed by atoms with Crippen molar-refractivity contribution in [1.82, 2.24) is 4.98 Å². The molecular weight excluding hydrogens is 273 g/mol. The van der Waals surface area contributed by atoms with E-state index in [0.717, 1.165) is 12.3 Å². The highest BCUT2D eigenvalue weighted by Gasteiger charge is 2.31. The van der Waals surface area contributed by atoms with Crippen molar-refractivity contribution in [3.63, 3.8) is 0 Å². The molecule has 104 valence electrons. The Labute approximate surface area is 111 Å². The minimum absolute atomic E-state index is 0.126. The van der Waals surface area contributed by atoms with Gasteiger partial charge in [0.15, 0.2) is 0 Å². The topological polar surface area (TPSA) is 62.2 Å².